The summed E-state index contributed by atoms with van der Waals surface area (Å²) in [5, 5.41) is 18.2. The minimum absolute atomic E-state index is 0.171. The molecule has 0 aliphatic carbocycles. The maximum Gasteiger partial charge on any atom is 0.273 e. The molecule has 0 aliphatic rings. The second kappa shape index (κ2) is 6.07. The highest BCUT2D eigenvalue weighted by atomic mass is 16.5. The number of H-pyrrole nitrogens is 1. The lowest BCUT2D eigenvalue weighted by molar-refractivity contribution is 0.102. The van der Waals surface area contributed by atoms with Crippen LogP contribution in [0, 0.1) is 0 Å². The topological polar surface area (TPSA) is 113 Å². The predicted molar refractivity (Wildman–Crippen MR) is 74.5 cm³/mol. The summed E-state index contributed by atoms with van der Waals surface area (Å²) in [4.78, 5) is 11.9. The Morgan fingerprint density at radius 3 is 2.90 bits per heavy atom. The smallest absolute Gasteiger partial charge is 0.273 e. The Morgan fingerprint density at radius 1 is 1.50 bits per heavy atom. The molecular formula is C13H16N4O3. The molecule has 2 rings (SSSR count). The molecule has 0 saturated carbocycles. The fourth-order valence-corrected chi connectivity index (χ4v) is 1.73. The highest BCUT2D eigenvalue weighted by molar-refractivity contribution is 6.03. The van der Waals surface area contributed by atoms with Crippen molar-refractivity contribution in [3.05, 3.63) is 35.5 Å². The zero-order chi connectivity index (χ0) is 14.5. The number of aromatic nitrogens is 2. The number of ether oxygens (including phenoxy) is 1. The van der Waals surface area contributed by atoms with E-state index in [1.807, 2.05) is 6.92 Å². The van der Waals surface area contributed by atoms with Gasteiger partial charge in [-0.1, -0.05) is 0 Å². The van der Waals surface area contributed by atoms with Gasteiger partial charge < -0.3 is 20.9 Å². The van der Waals surface area contributed by atoms with E-state index in [0.29, 0.717) is 23.6 Å². The first kappa shape index (κ1) is 13.9. The first-order chi connectivity index (χ1) is 9.63. The van der Waals surface area contributed by atoms with E-state index in [4.69, 9.17) is 10.5 Å². The molecule has 0 fully saturated rings. The molecule has 1 heterocycles. The fraction of sp³-hybridized carbons (Fsp3) is 0.231. The molecular weight excluding hydrogens is 260 g/mol. The van der Waals surface area contributed by atoms with Crippen LogP contribution in [0.5, 0.6) is 5.75 Å². The van der Waals surface area contributed by atoms with Gasteiger partial charge in [0.15, 0.2) is 0 Å². The van der Waals surface area contributed by atoms with E-state index in [0.717, 1.165) is 0 Å². The van der Waals surface area contributed by atoms with E-state index in [9.17, 15) is 9.90 Å². The second-order valence-corrected chi connectivity index (χ2v) is 4.07. The van der Waals surface area contributed by atoms with Gasteiger partial charge >= 0.3 is 0 Å². The van der Waals surface area contributed by atoms with E-state index in [-0.39, 0.29) is 24.0 Å². The number of carbonyl (C=O) groups is 1. The lowest BCUT2D eigenvalue weighted by Gasteiger charge is -2.11. The number of benzene rings is 1. The molecule has 1 aromatic heterocycles. The van der Waals surface area contributed by atoms with Crippen LogP contribution in [-0.4, -0.2) is 27.8 Å². The van der Waals surface area contributed by atoms with Gasteiger partial charge in [0.05, 0.1) is 13.2 Å². The maximum absolute atomic E-state index is 11.9. The van der Waals surface area contributed by atoms with Gasteiger partial charge in [0.25, 0.3) is 5.91 Å². The highest BCUT2D eigenvalue weighted by Gasteiger charge is 2.10. The number of hydrogen-bond donors (Lipinski definition) is 4. The van der Waals surface area contributed by atoms with Crippen molar-refractivity contribution >= 4 is 17.4 Å². The average Bonchev–Trinajstić information content (AvgIpc) is 2.87. The van der Waals surface area contributed by atoms with Crippen molar-refractivity contribution in [2.24, 2.45) is 0 Å². The highest BCUT2D eigenvalue weighted by Crippen LogP contribution is 2.23. The second-order valence-electron chi connectivity index (χ2n) is 4.07. The van der Waals surface area contributed by atoms with Gasteiger partial charge in [-0.15, -0.1) is 0 Å². The third-order valence-corrected chi connectivity index (χ3v) is 2.63. The average molecular weight is 276 g/mol. The number of rotatable bonds is 5. The number of nitrogens with one attached hydrogen (secondary N) is 2. The Balaban J connectivity index is 2.15. The quantitative estimate of drug-likeness (QED) is 0.654. The van der Waals surface area contributed by atoms with E-state index in [2.05, 4.69) is 15.5 Å². The lowest BCUT2D eigenvalue weighted by Crippen LogP contribution is -2.12. The normalized spacial score (nSPS) is 10.3. The Kier molecular flexibility index (Phi) is 4.21. The largest absolute Gasteiger partial charge is 0.494 e. The van der Waals surface area contributed by atoms with E-state index in [1.165, 1.54) is 6.07 Å². The Bertz CT molecular complexity index is 609. The van der Waals surface area contributed by atoms with Crippen molar-refractivity contribution in [3.63, 3.8) is 0 Å². The molecule has 1 amide bonds. The van der Waals surface area contributed by atoms with Crippen molar-refractivity contribution in [3.8, 4) is 5.75 Å². The van der Waals surface area contributed by atoms with Crippen LogP contribution in [0.4, 0.5) is 11.5 Å². The summed E-state index contributed by atoms with van der Waals surface area (Å²) in [6.07, 6.45) is 0. The molecule has 0 spiro atoms. The third-order valence-electron chi connectivity index (χ3n) is 2.63. The summed E-state index contributed by atoms with van der Waals surface area (Å²) < 4.78 is 5.37. The zero-order valence-corrected chi connectivity index (χ0v) is 11.0. The summed E-state index contributed by atoms with van der Waals surface area (Å²) in [5.74, 6) is 0.485. The van der Waals surface area contributed by atoms with Crippen molar-refractivity contribution in [2.75, 3.05) is 17.7 Å². The number of nitrogens with two attached hydrogens (primary N) is 1. The first-order valence-corrected chi connectivity index (χ1v) is 6.13. The van der Waals surface area contributed by atoms with Gasteiger partial charge in [-0.2, -0.15) is 5.10 Å². The number of anilines is 2. The molecule has 1 aromatic carbocycles. The minimum atomic E-state index is -0.359. The molecule has 0 unspecified atom stereocenters. The van der Waals surface area contributed by atoms with Gasteiger partial charge in [-0.3, -0.25) is 9.89 Å². The van der Waals surface area contributed by atoms with Crippen molar-refractivity contribution < 1.29 is 14.6 Å². The summed E-state index contributed by atoms with van der Waals surface area (Å²) in [7, 11) is 0. The number of aliphatic hydroxyl groups excluding tert-OH is 1. The number of amides is 1. The number of aromatic amines is 1. The first-order valence-electron chi connectivity index (χ1n) is 6.13. The van der Waals surface area contributed by atoms with Crippen LogP contribution in [0.15, 0.2) is 24.3 Å². The van der Waals surface area contributed by atoms with Gasteiger partial charge in [0.1, 0.15) is 17.3 Å². The summed E-state index contributed by atoms with van der Waals surface area (Å²) in [6, 6.07) is 6.49. The van der Waals surface area contributed by atoms with E-state index in [1.54, 1.807) is 18.2 Å². The Morgan fingerprint density at radius 2 is 2.30 bits per heavy atom. The number of nitrogens with zero attached hydrogens (tertiary/aromatic N) is 1. The molecule has 0 atom stereocenters. The standard InChI is InChI=1S/C13H16N4O3/c1-2-20-11-4-3-9(5-8(11)7-18)15-13(19)10-6-12(14)17-16-10/h3-6,18H,2,7H2,1H3,(H,15,19)(H3,14,16,17). The van der Waals surface area contributed by atoms with Crippen LogP contribution in [-0.2, 0) is 6.61 Å². The fourth-order valence-electron chi connectivity index (χ4n) is 1.73. The van der Waals surface area contributed by atoms with Crippen LogP contribution in [0.25, 0.3) is 0 Å². The number of aliphatic hydroxyl groups is 1. The van der Waals surface area contributed by atoms with E-state index < -0.39 is 0 Å². The minimum Gasteiger partial charge on any atom is -0.494 e. The van der Waals surface area contributed by atoms with Gasteiger partial charge in [-0.25, -0.2) is 0 Å². The molecule has 7 nitrogen and oxygen atoms in total. The Labute approximate surface area is 115 Å². The zero-order valence-electron chi connectivity index (χ0n) is 11.0. The van der Waals surface area contributed by atoms with Gasteiger partial charge in [0, 0.05) is 17.3 Å². The SMILES string of the molecule is CCOc1ccc(NC(=O)c2cc(N)n[nH]2)cc1CO. The van der Waals surface area contributed by atoms with Crippen molar-refractivity contribution in [1.82, 2.24) is 10.2 Å². The third kappa shape index (κ3) is 3.07. The molecule has 20 heavy (non-hydrogen) atoms. The molecule has 0 radical (unpaired) electrons. The summed E-state index contributed by atoms with van der Waals surface area (Å²) >= 11 is 0. The van der Waals surface area contributed by atoms with Gasteiger partial charge in [0.2, 0.25) is 0 Å². The molecule has 0 saturated heterocycles. The number of hydrogen-bond acceptors (Lipinski definition) is 5. The predicted octanol–water partition coefficient (Wildman–Crippen LogP) is 1.14. The van der Waals surface area contributed by atoms with Gasteiger partial charge in [-0.05, 0) is 25.1 Å². The molecule has 5 N–H and O–H groups in total. The summed E-state index contributed by atoms with van der Waals surface area (Å²) in [5.41, 5.74) is 6.86. The molecule has 106 valence electrons. The van der Waals surface area contributed by atoms with E-state index >= 15 is 0 Å². The van der Waals surface area contributed by atoms with Crippen molar-refractivity contribution in [2.45, 2.75) is 13.5 Å². The number of nitrogen functional groups attached to an aromatic ring is 1. The molecule has 0 bridgehead atoms. The van der Waals surface area contributed by atoms with Crippen LogP contribution in [0.3, 0.4) is 0 Å². The molecule has 0 aliphatic heterocycles. The van der Waals surface area contributed by atoms with Crippen LogP contribution in [0.1, 0.15) is 23.0 Å². The summed E-state index contributed by atoms with van der Waals surface area (Å²) in [6.45, 7) is 2.20. The Hall–Kier alpha value is -2.54. The maximum atomic E-state index is 11.9. The molecule has 2 aromatic rings. The monoisotopic (exact) mass is 276 g/mol. The molecule has 7 heteroatoms. The van der Waals surface area contributed by atoms with Crippen LogP contribution < -0.4 is 15.8 Å². The number of carbonyl (C=O) groups excluding carboxylic acids is 1. The van der Waals surface area contributed by atoms with Crippen molar-refractivity contribution in [1.29, 1.82) is 0 Å². The van der Waals surface area contributed by atoms with Crippen LogP contribution in [0.2, 0.25) is 0 Å². The van der Waals surface area contributed by atoms with Crippen LogP contribution >= 0.6 is 0 Å². The lowest BCUT2D eigenvalue weighted by atomic mass is 10.2.